The number of rotatable bonds is 3. The summed E-state index contributed by atoms with van der Waals surface area (Å²) in [4.78, 5) is 25.2. The molecule has 16 heavy (non-hydrogen) atoms. The van der Waals surface area contributed by atoms with Crippen LogP contribution in [0.25, 0.3) is 0 Å². The summed E-state index contributed by atoms with van der Waals surface area (Å²) in [6, 6.07) is 6.96. The number of hydrogen-bond donors (Lipinski definition) is 1. The Kier molecular flexibility index (Phi) is 4.51. The molecule has 0 aliphatic carbocycles. The summed E-state index contributed by atoms with van der Waals surface area (Å²) in [6.07, 6.45) is 0.185. The Morgan fingerprint density at radius 3 is 2.50 bits per heavy atom. The zero-order valence-electron chi connectivity index (χ0n) is 8.69. The average Bonchev–Trinajstić information content (AvgIpc) is 2.20. The van der Waals surface area contributed by atoms with E-state index in [0.717, 1.165) is 5.56 Å². The van der Waals surface area contributed by atoms with Crippen LogP contribution >= 0.6 is 12.2 Å². The molecule has 0 saturated carbocycles. The number of carbonyl (C=O) groups excluding carboxylic acids is 2. The molecule has 0 saturated heterocycles. The number of amides is 2. The normalized spacial score (nSPS) is 9.06. The molecule has 0 heterocycles. The highest BCUT2D eigenvalue weighted by Gasteiger charge is 2.01. The van der Waals surface area contributed by atoms with Crippen LogP contribution in [-0.2, 0) is 16.0 Å². The summed E-state index contributed by atoms with van der Waals surface area (Å²) in [5, 5.41) is 4.66. The molecule has 2 amide bonds. The molecule has 0 spiro atoms. The lowest BCUT2D eigenvalue weighted by molar-refractivity contribution is -0.117. The molecule has 0 radical (unpaired) electrons. The van der Waals surface area contributed by atoms with E-state index >= 15 is 0 Å². The molecular formula is C11H10N2O2S. The second kappa shape index (κ2) is 5.90. The minimum absolute atomic E-state index is 0.130. The Labute approximate surface area is 98.4 Å². The van der Waals surface area contributed by atoms with E-state index in [1.54, 1.807) is 24.3 Å². The Bertz CT molecular complexity index is 448. The maximum absolute atomic E-state index is 11.1. The van der Waals surface area contributed by atoms with Gasteiger partial charge in [-0.2, -0.15) is 4.99 Å². The first kappa shape index (κ1) is 12.2. The molecule has 0 atom stereocenters. The van der Waals surface area contributed by atoms with Crippen molar-refractivity contribution in [3.63, 3.8) is 0 Å². The van der Waals surface area contributed by atoms with Crippen LogP contribution in [0.3, 0.4) is 0 Å². The van der Waals surface area contributed by atoms with Gasteiger partial charge in [-0.1, -0.05) is 12.1 Å². The summed E-state index contributed by atoms with van der Waals surface area (Å²) in [5.74, 6) is -0.462. The summed E-state index contributed by atoms with van der Waals surface area (Å²) in [5.41, 5.74) is 1.51. The van der Waals surface area contributed by atoms with Crippen LogP contribution in [0.4, 0.5) is 5.69 Å². The lowest BCUT2D eigenvalue weighted by Gasteiger charge is -2.02. The number of isothiocyanates is 1. The quantitative estimate of drug-likeness (QED) is 0.641. The molecule has 1 rings (SSSR count). The van der Waals surface area contributed by atoms with E-state index in [2.05, 4.69) is 22.5 Å². The Morgan fingerprint density at radius 2 is 2.00 bits per heavy atom. The number of hydrogen-bond acceptors (Lipinski definition) is 3. The SMILES string of the molecule is CC(=O)Nc1ccc(CC(=O)N=C=S)cc1. The second-order valence-corrected chi connectivity index (χ2v) is 3.33. The Morgan fingerprint density at radius 1 is 1.38 bits per heavy atom. The molecule has 0 fully saturated rings. The lowest BCUT2D eigenvalue weighted by Crippen LogP contribution is -2.05. The van der Waals surface area contributed by atoms with E-state index in [1.807, 2.05) is 5.16 Å². The van der Waals surface area contributed by atoms with Crippen LogP contribution in [0.5, 0.6) is 0 Å². The predicted molar refractivity (Wildman–Crippen MR) is 64.5 cm³/mol. The lowest BCUT2D eigenvalue weighted by atomic mass is 10.1. The van der Waals surface area contributed by atoms with E-state index in [1.165, 1.54) is 6.92 Å². The molecule has 0 aliphatic rings. The number of carbonyl (C=O) groups is 2. The number of thiocarbonyl (C=S) groups is 1. The van der Waals surface area contributed by atoms with Crippen molar-refractivity contribution in [3.8, 4) is 0 Å². The minimum Gasteiger partial charge on any atom is -0.326 e. The fraction of sp³-hybridized carbons (Fsp3) is 0.182. The number of nitrogens with one attached hydrogen (secondary N) is 1. The van der Waals surface area contributed by atoms with Gasteiger partial charge in [0.2, 0.25) is 5.91 Å². The first-order valence-electron chi connectivity index (χ1n) is 4.59. The molecule has 0 aliphatic heterocycles. The van der Waals surface area contributed by atoms with E-state index < -0.39 is 0 Å². The van der Waals surface area contributed by atoms with Gasteiger partial charge in [-0.25, -0.2) is 0 Å². The van der Waals surface area contributed by atoms with Gasteiger partial charge < -0.3 is 5.32 Å². The Hall–Kier alpha value is -1.84. The van der Waals surface area contributed by atoms with E-state index in [4.69, 9.17) is 0 Å². The number of nitrogens with zero attached hydrogens (tertiary/aromatic N) is 1. The van der Waals surface area contributed by atoms with Crippen LogP contribution in [0.2, 0.25) is 0 Å². The van der Waals surface area contributed by atoms with Crippen molar-refractivity contribution in [2.24, 2.45) is 4.99 Å². The predicted octanol–water partition coefficient (Wildman–Crippen LogP) is 1.82. The molecule has 1 N–H and O–H groups in total. The minimum atomic E-state index is -0.331. The zero-order chi connectivity index (χ0) is 12.0. The highest BCUT2D eigenvalue weighted by molar-refractivity contribution is 7.78. The molecule has 0 unspecified atom stereocenters. The third-order valence-corrected chi connectivity index (χ3v) is 1.89. The van der Waals surface area contributed by atoms with Gasteiger partial charge in [-0.3, -0.25) is 9.59 Å². The fourth-order valence-corrected chi connectivity index (χ4v) is 1.28. The van der Waals surface area contributed by atoms with Crippen LogP contribution < -0.4 is 5.32 Å². The van der Waals surface area contributed by atoms with Crippen molar-refractivity contribution in [3.05, 3.63) is 29.8 Å². The number of aliphatic imine (C=N–C) groups is 1. The maximum atomic E-state index is 11.1. The van der Waals surface area contributed by atoms with Crippen molar-refractivity contribution < 1.29 is 9.59 Å². The molecule has 1 aromatic carbocycles. The van der Waals surface area contributed by atoms with Gasteiger partial charge in [0.05, 0.1) is 11.6 Å². The van der Waals surface area contributed by atoms with Gasteiger partial charge >= 0.3 is 0 Å². The van der Waals surface area contributed by atoms with Gasteiger partial charge in [0.25, 0.3) is 5.91 Å². The molecule has 5 heteroatoms. The molecular weight excluding hydrogens is 224 g/mol. The second-order valence-electron chi connectivity index (χ2n) is 3.15. The van der Waals surface area contributed by atoms with Gasteiger partial charge in [-0.15, -0.1) is 0 Å². The third kappa shape index (κ3) is 4.13. The van der Waals surface area contributed by atoms with E-state index in [9.17, 15) is 9.59 Å². The standard InChI is InChI=1S/C11H10N2O2S/c1-8(14)13-10-4-2-9(3-5-10)6-11(15)12-7-16/h2-5H,6H2,1H3,(H,13,14). The molecule has 1 aromatic rings. The van der Waals surface area contributed by atoms with Gasteiger partial charge in [0, 0.05) is 12.6 Å². The third-order valence-electron chi connectivity index (χ3n) is 1.80. The van der Waals surface area contributed by atoms with Crippen molar-refractivity contribution in [1.82, 2.24) is 0 Å². The smallest absolute Gasteiger partial charge is 0.258 e. The van der Waals surface area contributed by atoms with Crippen LogP contribution in [0.15, 0.2) is 29.3 Å². The van der Waals surface area contributed by atoms with Gasteiger partial charge in [0.1, 0.15) is 0 Å². The van der Waals surface area contributed by atoms with Crippen molar-refractivity contribution in [2.75, 3.05) is 5.32 Å². The summed E-state index contributed by atoms with van der Waals surface area (Å²) in [7, 11) is 0. The summed E-state index contributed by atoms with van der Waals surface area (Å²) < 4.78 is 0. The highest BCUT2D eigenvalue weighted by Crippen LogP contribution is 2.10. The van der Waals surface area contributed by atoms with E-state index in [0.29, 0.717) is 5.69 Å². The Balaban J connectivity index is 2.67. The topological polar surface area (TPSA) is 58.5 Å². The largest absolute Gasteiger partial charge is 0.326 e. The molecule has 0 bridgehead atoms. The van der Waals surface area contributed by atoms with E-state index in [-0.39, 0.29) is 18.2 Å². The fourth-order valence-electron chi connectivity index (χ4n) is 1.17. The highest BCUT2D eigenvalue weighted by atomic mass is 32.1. The molecule has 4 nitrogen and oxygen atoms in total. The molecule has 82 valence electrons. The van der Waals surface area contributed by atoms with Gasteiger partial charge in [0.15, 0.2) is 0 Å². The van der Waals surface area contributed by atoms with Crippen LogP contribution in [0, 0.1) is 0 Å². The van der Waals surface area contributed by atoms with Crippen molar-refractivity contribution in [1.29, 1.82) is 0 Å². The number of anilines is 1. The van der Waals surface area contributed by atoms with Gasteiger partial charge in [-0.05, 0) is 29.9 Å². The monoisotopic (exact) mass is 234 g/mol. The zero-order valence-corrected chi connectivity index (χ0v) is 9.50. The first-order chi connectivity index (χ1) is 7.61. The van der Waals surface area contributed by atoms with Crippen LogP contribution in [-0.4, -0.2) is 17.0 Å². The maximum Gasteiger partial charge on any atom is 0.258 e. The summed E-state index contributed by atoms with van der Waals surface area (Å²) in [6.45, 7) is 1.44. The van der Waals surface area contributed by atoms with Crippen molar-refractivity contribution >= 4 is 34.9 Å². The van der Waals surface area contributed by atoms with Crippen molar-refractivity contribution in [2.45, 2.75) is 13.3 Å². The van der Waals surface area contributed by atoms with Crippen LogP contribution in [0.1, 0.15) is 12.5 Å². The average molecular weight is 234 g/mol. The number of benzene rings is 1. The summed E-state index contributed by atoms with van der Waals surface area (Å²) >= 11 is 4.33. The molecule has 0 aromatic heterocycles. The first-order valence-corrected chi connectivity index (χ1v) is 5.00.